The molecular weight excluding hydrogens is 282 g/mol. The van der Waals surface area contributed by atoms with Crippen LogP contribution in [-0.4, -0.2) is 17.7 Å². The number of nitrogens with one attached hydrogen (secondary N) is 1. The zero-order valence-electron chi connectivity index (χ0n) is 7.79. The summed E-state index contributed by atoms with van der Waals surface area (Å²) in [5, 5.41) is 2.58. The van der Waals surface area contributed by atoms with Crippen LogP contribution >= 0.6 is 39.9 Å². The van der Waals surface area contributed by atoms with E-state index in [1.54, 1.807) is 18.3 Å². The van der Waals surface area contributed by atoms with Crippen LogP contribution in [-0.2, 0) is 11.2 Å². The van der Waals surface area contributed by atoms with Gasteiger partial charge in [-0.05, 0) is 41.4 Å². The lowest BCUT2D eigenvalue weighted by atomic mass is 10.3. The molecule has 1 heterocycles. The molecule has 0 aliphatic rings. The Morgan fingerprint density at radius 1 is 1.71 bits per heavy atom. The third-order valence-corrected chi connectivity index (χ3v) is 3.60. The zero-order valence-corrected chi connectivity index (χ0v) is 11.1. The van der Waals surface area contributed by atoms with Gasteiger partial charge in [0.1, 0.15) is 0 Å². The summed E-state index contributed by atoms with van der Waals surface area (Å²) in [7, 11) is 0. The maximum Gasteiger partial charge on any atom is 0.232 e. The number of halogens is 1. The first-order valence-electron chi connectivity index (χ1n) is 4.29. The van der Waals surface area contributed by atoms with Crippen LogP contribution < -0.4 is 5.32 Å². The Morgan fingerprint density at radius 2 is 2.43 bits per heavy atom. The summed E-state index contributed by atoms with van der Waals surface area (Å²) >= 11 is 9.13. The second-order valence-corrected chi connectivity index (χ2v) is 6.24. The highest BCUT2D eigenvalue weighted by Crippen LogP contribution is 2.21. The fourth-order valence-corrected chi connectivity index (χ4v) is 2.52. The van der Waals surface area contributed by atoms with E-state index in [-0.39, 0.29) is 11.2 Å². The third-order valence-electron chi connectivity index (χ3n) is 1.68. The summed E-state index contributed by atoms with van der Waals surface area (Å²) in [4.78, 5) is 12.4. The van der Waals surface area contributed by atoms with Gasteiger partial charge in [0.25, 0.3) is 0 Å². The number of hydrogen-bond donors (Lipinski definition) is 2. The summed E-state index contributed by atoms with van der Waals surface area (Å²) in [6, 6.07) is 4.08. The van der Waals surface area contributed by atoms with Crippen molar-refractivity contribution in [2.75, 3.05) is 6.54 Å². The van der Waals surface area contributed by atoms with Crippen LogP contribution in [0.1, 0.15) is 11.8 Å². The number of rotatable bonds is 4. The molecule has 2 nitrogen and oxygen atoms in total. The van der Waals surface area contributed by atoms with Crippen LogP contribution in [0.3, 0.4) is 0 Å². The molecule has 0 aromatic carbocycles. The molecule has 0 spiro atoms. The third kappa shape index (κ3) is 4.02. The molecule has 1 unspecified atom stereocenters. The van der Waals surface area contributed by atoms with Crippen molar-refractivity contribution in [3.05, 3.63) is 20.8 Å². The van der Waals surface area contributed by atoms with Gasteiger partial charge in [-0.15, -0.1) is 11.3 Å². The minimum atomic E-state index is -0.231. The molecule has 0 fully saturated rings. The van der Waals surface area contributed by atoms with E-state index in [1.165, 1.54) is 4.88 Å². The highest BCUT2D eigenvalue weighted by atomic mass is 79.9. The van der Waals surface area contributed by atoms with Crippen molar-refractivity contribution < 1.29 is 4.79 Å². The summed E-state index contributed by atoms with van der Waals surface area (Å²) < 4.78 is 1.13. The van der Waals surface area contributed by atoms with Gasteiger partial charge < -0.3 is 5.32 Å². The highest BCUT2D eigenvalue weighted by molar-refractivity contribution is 9.11. The number of carbonyl (C=O) groups is 1. The van der Waals surface area contributed by atoms with Crippen molar-refractivity contribution in [1.29, 1.82) is 0 Å². The topological polar surface area (TPSA) is 29.1 Å². The lowest BCUT2D eigenvalue weighted by Crippen LogP contribution is -2.31. The largest absolute Gasteiger partial charge is 0.355 e. The van der Waals surface area contributed by atoms with Crippen molar-refractivity contribution in [2.45, 2.75) is 18.6 Å². The molecule has 1 N–H and O–H groups in total. The molecule has 1 aromatic rings. The maximum atomic E-state index is 11.1. The Hall–Kier alpha value is -0.0000000000000000833. The average molecular weight is 294 g/mol. The first kappa shape index (κ1) is 12.1. The van der Waals surface area contributed by atoms with Gasteiger partial charge in [-0.3, -0.25) is 4.79 Å². The number of thiol groups is 1. The van der Waals surface area contributed by atoms with Crippen molar-refractivity contribution >= 4 is 45.8 Å². The Labute approximate surface area is 102 Å². The molecule has 0 bridgehead atoms. The van der Waals surface area contributed by atoms with E-state index < -0.39 is 0 Å². The lowest BCUT2D eigenvalue weighted by Gasteiger charge is -2.05. The van der Waals surface area contributed by atoms with E-state index in [0.717, 1.165) is 10.2 Å². The van der Waals surface area contributed by atoms with Gasteiger partial charge in [-0.2, -0.15) is 12.6 Å². The molecule has 1 amide bonds. The molecular formula is C9H12BrNOS2. The molecule has 1 atom stereocenters. The predicted octanol–water partition coefficient (Wildman–Crippen LogP) is 2.49. The Morgan fingerprint density at radius 3 is 2.93 bits per heavy atom. The van der Waals surface area contributed by atoms with E-state index in [4.69, 9.17) is 0 Å². The van der Waals surface area contributed by atoms with E-state index in [1.807, 2.05) is 6.07 Å². The number of carbonyl (C=O) groups excluding carboxylic acids is 1. The maximum absolute atomic E-state index is 11.1. The second kappa shape index (κ2) is 5.78. The van der Waals surface area contributed by atoms with E-state index in [9.17, 15) is 4.79 Å². The summed E-state index contributed by atoms with van der Waals surface area (Å²) in [5.41, 5.74) is 0. The molecule has 1 rings (SSSR count). The smallest absolute Gasteiger partial charge is 0.232 e. The summed E-state index contributed by atoms with van der Waals surface area (Å²) in [5.74, 6) is -0.0102. The van der Waals surface area contributed by atoms with Gasteiger partial charge in [-0.25, -0.2) is 0 Å². The van der Waals surface area contributed by atoms with Crippen LogP contribution in [0.5, 0.6) is 0 Å². The Kier molecular flexibility index (Phi) is 4.98. The zero-order chi connectivity index (χ0) is 10.6. The van der Waals surface area contributed by atoms with Gasteiger partial charge in [0.05, 0.1) is 9.04 Å². The summed E-state index contributed by atoms with van der Waals surface area (Å²) in [6.45, 7) is 2.44. The lowest BCUT2D eigenvalue weighted by molar-refractivity contribution is -0.120. The molecule has 78 valence electrons. The molecule has 0 aliphatic heterocycles. The molecule has 14 heavy (non-hydrogen) atoms. The first-order valence-corrected chi connectivity index (χ1v) is 6.42. The van der Waals surface area contributed by atoms with Crippen LogP contribution in [0, 0.1) is 0 Å². The number of amides is 1. The van der Waals surface area contributed by atoms with Crippen LogP contribution in [0.25, 0.3) is 0 Å². The molecule has 0 aliphatic carbocycles. The van der Waals surface area contributed by atoms with Crippen LogP contribution in [0.4, 0.5) is 0 Å². The summed E-state index contributed by atoms with van der Waals surface area (Å²) in [6.07, 6.45) is 0.877. The van der Waals surface area contributed by atoms with Crippen LogP contribution in [0.2, 0.25) is 0 Å². The predicted molar refractivity (Wildman–Crippen MR) is 67.2 cm³/mol. The van der Waals surface area contributed by atoms with Crippen molar-refractivity contribution in [3.63, 3.8) is 0 Å². The molecule has 0 saturated carbocycles. The highest BCUT2D eigenvalue weighted by Gasteiger charge is 2.06. The Balaban J connectivity index is 2.25. The SMILES string of the molecule is CC(S)C(=O)NCCc1ccc(Br)s1. The fraction of sp³-hybridized carbons (Fsp3) is 0.444. The molecule has 0 saturated heterocycles. The number of thiophene rings is 1. The minimum Gasteiger partial charge on any atom is -0.355 e. The fourth-order valence-electron chi connectivity index (χ4n) is 0.943. The van der Waals surface area contributed by atoms with E-state index in [0.29, 0.717) is 6.54 Å². The second-order valence-electron chi connectivity index (χ2n) is 2.92. The van der Waals surface area contributed by atoms with Gasteiger partial charge in [0.15, 0.2) is 0 Å². The van der Waals surface area contributed by atoms with Crippen molar-refractivity contribution in [2.24, 2.45) is 0 Å². The quantitative estimate of drug-likeness (QED) is 0.821. The average Bonchev–Trinajstić information content (AvgIpc) is 2.51. The van der Waals surface area contributed by atoms with E-state index >= 15 is 0 Å². The van der Waals surface area contributed by atoms with Gasteiger partial charge in [-0.1, -0.05) is 0 Å². The van der Waals surface area contributed by atoms with E-state index in [2.05, 4.69) is 39.9 Å². The monoisotopic (exact) mass is 293 g/mol. The number of hydrogen-bond acceptors (Lipinski definition) is 3. The molecule has 1 aromatic heterocycles. The van der Waals surface area contributed by atoms with Gasteiger partial charge in [0.2, 0.25) is 5.91 Å². The van der Waals surface area contributed by atoms with Crippen molar-refractivity contribution in [1.82, 2.24) is 5.32 Å². The standard InChI is InChI=1S/C9H12BrNOS2/c1-6(13)9(12)11-5-4-7-2-3-8(10)14-7/h2-3,6,13H,4-5H2,1H3,(H,11,12). The van der Waals surface area contributed by atoms with Gasteiger partial charge >= 0.3 is 0 Å². The first-order chi connectivity index (χ1) is 6.59. The molecule has 5 heteroatoms. The van der Waals surface area contributed by atoms with Gasteiger partial charge in [0, 0.05) is 11.4 Å². The van der Waals surface area contributed by atoms with Crippen molar-refractivity contribution in [3.8, 4) is 0 Å². The molecule has 0 radical (unpaired) electrons. The Bertz CT molecular complexity index is 312. The minimum absolute atomic E-state index is 0.0102. The normalized spacial score (nSPS) is 12.5. The van der Waals surface area contributed by atoms with Crippen LogP contribution in [0.15, 0.2) is 15.9 Å².